The van der Waals surface area contributed by atoms with Gasteiger partial charge in [-0.3, -0.25) is 0 Å². The maximum Gasteiger partial charge on any atom is 0.133 e. The molecule has 0 amide bonds. The smallest absolute Gasteiger partial charge is 0.133 e. The van der Waals surface area contributed by atoms with Gasteiger partial charge in [0.25, 0.3) is 0 Å². The summed E-state index contributed by atoms with van der Waals surface area (Å²) in [5.41, 5.74) is 5.63. The zero-order valence-electron chi connectivity index (χ0n) is 8.99. The van der Waals surface area contributed by atoms with E-state index in [1.165, 1.54) is 0 Å². The zero-order valence-corrected chi connectivity index (χ0v) is 8.99. The van der Waals surface area contributed by atoms with Gasteiger partial charge in [0.05, 0.1) is 0 Å². The summed E-state index contributed by atoms with van der Waals surface area (Å²) in [6.07, 6.45) is 1.77. The highest BCUT2D eigenvalue weighted by Gasteiger charge is 2.03. The molecule has 78 valence electrons. The van der Waals surface area contributed by atoms with E-state index < -0.39 is 0 Å². The standard InChI is InChI=1S/C10H18N4/c1-7(2)10-12-5-4-9(14-10)13-6-8(3)11/h4-5,7-8H,6,11H2,1-3H3,(H,12,13,14). The van der Waals surface area contributed by atoms with Crippen molar-refractivity contribution >= 4 is 5.82 Å². The Morgan fingerprint density at radius 1 is 1.43 bits per heavy atom. The van der Waals surface area contributed by atoms with E-state index in [4.69, 9.17) is 5.73 Å². The van der Waals surface area contributed by atoms with Crippen LogP contribution < -0.4 is 11.1 Å². The quantitative estimate of drug-likeness (QED) is 0.759. The average molecular weight is 194 g/mol. The van der Waals surface area contributed by atoms with Crippen molar-refractivity contribution in [3.05, 3.63) is 18.1 Å². The summed E-state index contributed by atoms with van der Waals surface area (Å²) in [5.74, 6) is 2.06. The molecule has 1 aromatic heterocycles. The molecule has 1 heterocycles. The first-order valence-electron chi connectivity index (χ1n) is 4.92. The summed E-state index contributed by atoms with van der Waals surface area (Å²) < 4.78 is 0. The van der Waals surface area contributed by atoms with Gasteiger partial charge in [0.2, 0.25) is 0 Å². The first kappa shape index (κ1) is 10.9. The predicted molar refractivity (Wildman–Crippen MR) is 58.3 cm³/mol. The molecular weight excluding hydrogens is 176 g/mol. The highest BCUT2D eigenvalue weighted by molar-refractivity contribution is 5.33. The van der Waals surface area contributed by atoms with E-state index in [-0.39, 0.29) is 6.04 Å². The van der Waals surface area contributed by atoms with Crippen molar-refractivity contribution < 1.29 is 0 Å². The minimum atomic E-state index is 0.132. The van der Waals surface area contributed by atoms with Gasteiger partial charge in [-0.25, -0.2) is 9.97 Å². The van der Waals surface area contributed by atoms with Crippen LogP contribution in [-0.4, -0.2) is 22.6 Å². The van der Waals surface area contributed by atoms with Crippen LogP contribution in [0.3, 0.4) is 0 Å². The predicted octanol–water partition coefficient (Wildman–Crippen LogP) is 1.36. The molecule has 0 bridgehead atoms. The Hall–Kier alpha value is -1.16. The van der Waals surface area contributed by atoms with E-state index in [1.807, 2.05) is 13.0 Å². The number of anilines is 1. The van der Waals surface area contributed by atoms with Crippen LogP contribution >= 0.6 is 0 Å². The number of hydrogen-bond acceptors (Lipinski definition) is 4. The lowest BCUT2D eigenvalue weighted by Gasteiger charge is -2.09. The lowest BCUT2D eigenvalue weighted by atomic mass is 10.2. The summed E-state index contributed by atoms with van der Waals surface area (Å²) in [4.78, 5) is 8.55. The van der Waals surface area contributed by atoms with Gasteiger partial charge >= 0.3 is 0 Å². The number of nitrogens with two attached hydrogens (primary N) is 1. The van der Waals surface area contributed by atoms with Crippen molar-refractivity contribution in [3.63, 3.8) is 0 Å². The average Bonchev–Trinajstić information content (AvgIpc) is 2.15. The van der Waals surface area contributed by atoms with Gasteiger partial charge in [-0.2, -0.15) is 0 Å². The van der Waals surface area contributed by atoms with Crippen LogP contribution in [0.1, 0.15) is 32.5 Å². The number of aromatic nitrogens is 2. The molecule has 0 aliphatic carbocycles. The Bertz CT molecular complexity index is 283. The molecule has 0 aromatic carbocycles. The maximum atomic E-state index is 5.63. The first-order valence-corrected chi connectivity index (χ1v) is 4.92. The summed E-state index contributed by atoms with van der Waals surface area (Å²) in [6.45, 7) is 6.83. The molecule has 1 atom stereocenters. The van der Waals surface area contributed by atoms with E-state index in [2.05, 4.69) is 29.1 Å². The number of nitrogens with zero attached hydrogens (tertiary/aromatic N) is 2. The fourth-order valence-corrected chi connectivity index (χ4v) is 1.02. The van der Waals surface area contributed by atoms with E-state index in [0.717, 1.165) is 18.2 Å². The largest absolute Gasteiger partial charge is 0.368 e. The van der Waals surface area contributed by atoms with Crippen LogP contribution in [-0.2, 0) is 0 Å². The van der Waals surface area contributed by atoms with Crippen LogP contribution in [0.5, 0.6) is 0 Å². The second-order valence-corrected chi connectivity index (χ2v) is 3.81. The molecule has 0 fully saturated rings. The Balaban J connectivity index is 2.64. The van der Waals surface area contributed by atoms with Gasteiger partial charge in [-0.15, -0.1) is 0 Å². The molecule has 0 saturated heterocycles. The second kappa shape index (κ2) is 4.91. The summed E-state index contributed by atoms with van der Waals surface area (Å²) in [7, 11) is 0. The molecule has 1 unspecified atom stereocenters. The summed E-state index contributed by atoms with van der Waals surface area (Å²) in [5, 5.41) is 3.16. The van der Waals surface area contributed by atoms with Gasteiger partial charge in [-0.05, 0) is 13.0 Å². The van der Waals surface area contributed by atoms with Gasteiger partial charge in [-0.1, -0.05) is 13.8 Å². The van der Waals surface area contributed by atoms with Gasteiger partial charge in [0.15, 0.2) is 0 Å². The van der Waals surface area contributed by atoms with Crippen LogP contribution in [0.4, 0.5) is 5.82 Å². The second-order valence-electron chi connectivity index (χ2n) is 3.81. The molecule has 0 aliphatic rings. The van der Waals surface area contributed by atoms with E-state index >= 15 is 0 Å². The number of hydrogen-bond donors (Lipinski definition) is 2. The molecule has 4 nitrogen and oxygen atoms in total. The maximum absolute atomic E-state index is 5.63. The minimum absolute atomic E-state index is 0.132. The number of nitrogens with one attached hydrogen (secondary N) is 1. The Morgan fingerprint density at radius 2 is 2.14 bits per heavy atom. The van der Waals surface area contributed by atoms with E-state index in [0.29, 0.717) is 5.92 Å². The minimum Gasteiger partial charge on any atom is -0.368 e. The van der Waals surface area contributed by atoms with Crippen molar-refractivity contribution in [3.8, 4) is 0 Å². The van der Waals surface area contributed by atoms with Gasteiger partial charge in [0.1, 0.15) is 11.6 Å². The van der Waals surface area contributed by atoms with Crippen molar-refractivity contribution in [2.75, 3.05) is 11.9 Å². The van der Waals surface area contributed by atoms with Gasteiger partial charge in [0, 0.05) is 24.7 Å². The molecule has 1 aromatic rings. The lowest BCUT2D eigenvalue weighted by molar-refractivity contribution is 0.757. The highest BCUT2D eigenvalue weighted by atomic mass is 15.0. The highest BCUT2D eigenvalue weighted by Crippen LogP contribution is 2.10. The van der Waals surface area contributed by atoms with Crippen LogP contribution in [0.25, 0.3) is 0 Å². The Labute approximate surface area is 85.0 Å². The lowest BCUT2D eigenvalue weighted by Crippen LogP contribution is -2.25. The van der Waals surface area contributed by atoms with Crippen LogP contribution in [0.2, 0.25) is 0 Å². The van der Waals surface area contributed by atoms with Crippen molar-refractivity contribution in [2.45, 2.75) is 32.7 Å². The third kappa shape index (κ3) is 3.30. The van der Waals surface area contributed by atoms with E-state index in [9.17, 15) is 0 Å². The van der Waals surface area contributed by atoms with Gasteiger partial charge < -0.3 is 11.1 Å². The number of rotatable bonds is 4. The third-order valence-electron chi connectivity index (χ3n) is 1.80. The van der Waals surface area contributed by atoms with Crippen LogP contribution in [0.15, 0.2) is 12.3 Å². The monoisotopic (exact) mass is 194 g/mol. The fraction of sp³-hybridized carbons (Fsp3) is 0.600. The fourth-order valence-electron chi connectivity index (χ4n) is 1.02. The molecular formula is C10H18N4. The van der Waals surface area contributed by atoms with E-state index in [1.54, 1.807) is 6.20 Å². The third-order valence-corrected chi connectivity index (χ3v) is 1.80. The molecule has 14 heavy (non-hydrogen) atoms. The Morgan fingerprint density at radius 3 is 2.71 bits per heavy atom. The molecule has 0 radical (unpaired) electrons. The summed E-state index contributed by atoms with van der Waals surface area (Å²) in [6, 6.07) is 1.99. The molecule has 0 aliphatic heterocycles. The molecule has 3 N–H and O–H groups in total. The first-order chi connectivity index (χ1) is 6.59. The zero-order chi connectivity index (χ0) is 10.6. The van der Waals surface area contributed by atoms with Crippen molar-refractivity contribution in [1.82, 2.24) is 9.97 Å². The van der Waals surface area contributed by atoms with Crippen molar-refractivity contribution in [2.24, 2.45) is 5.73 Å². The molecule has 4 heteroatoms. The normalized spacial score (nSPS) is 12.9. The molecule has 0 saturated carbocycles. The van der Waals surface area contributed by atoms with Crippen LogP contribution in [0, 0.1) is 0 Å². The molecule has 1 rings (SSSR count). The van der Waals surface area contributed by atoms with Crippen molar-refractivity contribution in [1.29, 1.82) is 0 Å². The Kier molecular flexibility index (Phi) is 3.83. The topological polar surface area (TPSA) is 63.8 Å². The SMILES string of the molecule is CC(N)CNc1ccnc(C(C)C)n1. The summed E-state index contributed by atoms with van der Waals surface area (Å²) >= 11 is 0. The molecule has 0 spiro atoms.